The summed E-state index contributed by atoms with van der Waals surface area (Å²) in [5.74, 6) is 0.0294. The number of amides is 1. The van der Waals surface area contributed by atoms with Crippen molar-refractivity contribution in [3.8, 4) is 0 Å². The molecular formula is C14H17NO3. The molecule has 4 heteroatoms. The van der Waals surface area contributed by atoms with Gasteiger partial charge in [0.1, 0.15) is 0 Å². The van der Waals surface area contributed by atoms with Crippen LogP contribution in [0.25, 0.3) is 0 Å². The number of fused-ring (bicyclic) bond motifs is 1. The molecule has 0 saturated carbocycles. The quantitative estimate of drug-likeness (QED) is 0.732. The average Bonchev–Trinajstić information content (AvgIpc) is 2.93. The van der Waals surface area contributed by atoms with Crippen LogP contribution in [0, 0.1) is 5.92 Å². The lowest BCUT2D eigenvalue weighted by atomic mass is 10.1. The molecule has 96 valence electrons. The number of carbonyl (C=O) groups is 1. The summed E-state index contributed by atoms with van der Waals surface area (Å²) in [5.41, 5.74) is 2.49. The van der Waals surface area contributed by atoms with E-state index in [1.807, 2.05) is 12.1 Å². The second kappa shape index (κ2) is 4.37. The van der Waals surface area contributed by atoms with Gasteiger partial charge in [-0.1, -0.05) is 24.3 Å². The van der Waals surface area contributed by atoms with E-state index in [2.05, 4.69) is 12.1 Å². The molecule has 1 aromatic carbocycles. The van der Waals surface area contributed by atoms with E-state index in [4.69, 9.17) is 0 Å². The number of aliphatic hydroxyl groups is 2. The van der Waals surface area contributed by atoms with Crippen LogP contribution in [0.15, 0.2) is 24.3 Å². The molecule has 1 aromatic rings. The number of benzene rings is 1. The summed E-state index contributed by atoms with van der Waals surface area (Å²) in [5, 5.41) is 19.0. The topological polar surface area (TPSA) is 60.8 Å². The van der Waals surface area contributed by atoms with Crippen molar-refractivity contribution in [2.45, 2.75) is 25.0 Å². The Balaban J connectivity index is 1.70. The molecule has 2 N–H and O–H groups in total. The summed E-state index contributed by atoms with van der Waals surface area (Å²) in [4.78, 5) is 13.9. The van der Waals surface area contributed by atoms with E-state index in [0.717, 1.165) is 12.8 Å². The maximum atomic E-state index is 12.3. The van der Waals surface area contributed by atoms with E-state index >= 15 is 0 Å². The standard InChI is InChI=1S/C14H17NO3/c16-12-7-15(8-13(12)17)14(18)11-5-9-3-1-2-4-10(9)6-11/h1-4,11-13,16-17H,5-8H2. The number of nitrogens with zero attached hydrogens (tertiary/aromatic N) is 1. The van der Waals surface area contributed by atoms with Crippen molar-refractivity contribution in [3.05, 3.63) is 35.4 Å². The van der Waals surface area contributed by atoms with Gasteiger partial charge in [-0.3, -0.25) is 4.79 Å². The van der Waals surface area contributed by atoms with E-state index in [1.165, 1.54) is 11.1 Å². The highest BCUT2D eigenvalue weighted by atomic mass is 16.3. The van der Waals surface area contributed by atoms with Crippen molar-refractivity contribution < 1.29 is 15.0 Å². The molecule has 3 rings (SSSR count). The number of hydrogen-bond acceptors (Lipinski definition) is 3. The molecule has 4 nitrogen and oxygen atoms in total. The summed E-state index contributed by atoms with van der Waals surface area (Å²) < 4.78 is 0. The first kappa shape index (κ1) is 11.7. The molecular weight excluding hydrogens is 230 g/mol. The van der Waals surface area contributed by atoms with Gasteiger partial charge in [0.2, 0.25) is 5.91 Å². The van der Waals surface area contributed by atoms with Gasteiger partial charge < -0.3 is 15.1 Å². The van der Waals surface area contributed by atoms with Crippen LogP contribution in [0.5, 0.6) is 0 Å². The van der Waals surface area contributed by atoms with Gasteiger partial charge in [0.25, 0.3) is 0 Å². The third kappa shape index (κ3) is 1.91. The predicted octanol–water partition coefficient (Wildman–Crippen LogP) is -0.0346. The maximum absolute atomic E-state index is 12.3. The molecule has 18 heavy (non-hydrogen) atoms. The number of likely N-dealkylation sites (tertiary alicyclic amines) is 1. The number of β-amino-alcohol motifs (C(OH)–C–C–N with tert-alkyl or cyclic N) is 2. The number of rotatable bonds is 1. The second-order valence-electron chi connectivity index (χ2n) is 5.25. The molecule has 1 aliphatic carbocycles. The number of carbonyl (C=O) groups excluding carboxylic acids is 1. The van der Waals surface area contributed by atoms with Gasteiger partial charge in [0.15, 0.2) is 0 Å². The monoisotopic (exact) mass is 247 g/mol. The Kier molecular flexibility index (Phi) is 2.84. The van der Waals surface area contributed by atoms with Gasteiger partial charge >= 0.3 is 0 Å². The van der Waals surface area contributed by atoms with Crippen molar-refractivity contribution in [1.82, 2.24) is 4.90 Å². The zero-order valence-corrected chi connectivity index (χ0v) is 10.1. The van der Waals surface area contributed by atoms with E-state index < -0.39 is 12.2 Å². The van der Waals surface area contributed by atoms with E-state index in [9.17, 15) is 15.0 Å². The Morgan fingerprint density at radius 1 is 1.06 bits per heavy atom. The largest absolute Gasteiger partial charge is 0.388 e. The normalized spacial score (nSPS) is 27.6. The third-order valence-electron chi connectivity index (χ3n) is 3.97. The second-order valence-corrected chi connectivity index (χ2v) is 5.25. The van der Waals surface area contributed by atoms with Crippen molar-refractivity contribution in [3.63, 3.8) is 0 Å². The Labute approximate surface area is 106 Å². The summed E-state index contributed by atoms with van der Waals surface area (Å²) in [6.07, 6.45) is -0.0366. The lowest BCUT2D eigenvalue weighted by Crippen LogP contribution is -2.35. The van der Waals surface area contributed by atoms with Crippen molar-refractivity contribution >= 4 is 5.91 Å². The van der Waals surface area contributed by atoms with Crippen LogP contribution < -0.4 is 0 Å². The molecule has 1 fully saturated rings. The van der Waals surface area contributed by atoms with E-state index in [1.54, 1.807) is 4.90 Å². The van der Waals surface area contributed by atoms with E-state index in [-0.39, 0.29) is 24.9 Å². The highest BCUT2D eigenvalue weighted by Gasteiger charge is 2.37. The summed E-state index contributed by atoms with van der Waals surface area (Å²) >= 11 is 0. The number of aliphatic hydroxyl groups excluding tert-OH is 2. The van der Waals surface area contributed by atoms with Crippen molar-refractivity contribution in [2.75, 3.05) is 13.1 Å². The summed E-state index contributed by atoms with van der Waals surface area (Å²) in [6, 6.07) is 8.12. The zero-order chi connectivity index (χ0) is 12.7. The van der Waals surface area contributed by atoms with Crippen LogP contribution in [-0.4, -0.2) is 46.3 Å². The van der Waals surface area contributed by atoms with Crippen molar-refractivity contribution in [2.24, 2.45) is 5.92 Å². The Hall–Kier alpha value is -1.39. The molecule has 1 aliphatic heterocycles. The smallest absolute Gasteiger partial charge is 0.226 e. The molecule has 0 spiro atoms. The Morgan fingerprint density at radius 2 is 1.56 bits per heavy atom. The van der Waals surface area contributed by atoms with Gasteiger partial charge in [-0.2, -0.15) is 0 Å². The molecule has 1 saturated heterocycles. The predicted molar refractivity (Wildman–Crippen MR) is 65.9 cm³/mol. The maximum Gasteiger partial charge on any atom is 0.226 e. The Bertz CT molecular complexity index is 439. The minimum absolute atomic E-state index is 0.0279. The molecule has 0 aromatic heterocycles. The third-order valence-corrected chi connectivity index (χ3v) is 3.97. The first-order valence-electron chi connectivity index (χ1n) is 6.37. The van der Waals surface area contributed by atoms with Gasteiger partial charge in [-0.05, 0) is 24.0 Å². The first-order valence-corrected chi connectivity index (χ1v) is 6.37. The Morgan fingerprint density at radius 3 is 2.06 bits per heavy atom. The van der Waals surface area contributed by atoms with Gasteiger partial charge in [-0.15, -0.1) is 0 Å². The average molecular weight is 247 g/mol. The van der Waals surface area contributed by atoms with Crippen LogP contribution >= 0.6 is 0 Å². The summed E-state index contributed by atoms with van der Waals surface area (Å²) in [6.45, 7) is 0.514. The van der Waals surface area contributed by atoms with Crippen LogP contribution in [-0.2, 0) is 17.6 Å². The fourth-order valence-electron chi connectivity index (χ4n) is 2.94. The fourth-order valence-corrected chi connectivity index (χ4v) is 2.94. The van der Waals surface area contributed by atoms with Gasteiger partial charge in [0.05, 0.1) is 12.2 Å². The minimum atomic E-state index is -0.794. The molecule has 0 radical (unpaired) electrons. The van der Waals surface area contributed by atoms with Crippen LogP contribution in [0.1, 0.15) is 11.1 Å². The molecule has 2 aliphatic rings. The SMILES string of the molecule is O=C(C1Cc2ccccc2C1)N1CC(O)C(O)C1. The van der Waals surface area contributed by atoms with Gasteiger partial charge in [0, 0.05) is 19.0 Å². The number of hydrogen-bond donors (Lipinski definition) is 2. The molecule has 2 atom stereocenters. The van der Waals surface area contributed by atoms with Gasteiger partial charge in [-0.25, -0.2) is 0 Å². The zero-order valence-electron chi connectivity index (χ0n) is 10.1. The highest BCUT2D eigenvalue weighted by Crippen LogP contribution is 2.28. The molecule has 1 amide bonds. The molecule has 1 heterocycles. The summed E-state index contributed by atoms with van der Waals surface area (Å²) in [7, 11) is 0. The molecule has 2 unspecified atom stereocenters. The lowest BCUT2D eigenvalue weighted by molar-refractivity contribution is -0.134. The first-order chi connectivity index (χ1) is 8.65. The lowest BCUT2D eigenvalue weighted by Gasteiger charge is -2.19. The molecule has 0 bridgehead atoms. The van der Waals surface area contributed by atoms with Crippen LogP contribution in [0.2, 0.25) is 0 Å². The van der Waals surface area contributed by atoms with E-state index in [0.29, 0.717) is 0 Å². The fraction of sp³-hybridized carbons (Fsp3) is 0.500. The van der Waals surface area contributed by atoms with Crippen LogP contribution in [0.3, 0.4) is 0 Å². The minimum Gasteiger partial charge on any atom is -0.388 e. The van der Waals surface area contributed by atoms with Crippen molar-refractivity contribution in [1.29, 1.82) is 0 Å². The highest BCUT2D eigenvalue weighted by molar-refractivity contribution is 5.81. The van der Waals surface area contributed by atoms with Crippen LogP contribution in [0.4, 0.5) is 0 Å².